The van der Waals surface area contributed by atoms with Crippen LogP contribution in [0.2, 0.25) is 0 Å². The molecule has 0 amide bonds. The van der Waals surface area contributed by atoms with E-state index in [1.54, 1.807) is 42.5 Å². The summed E-state index contributed by atoms with van der Waals surface area (Å²) in [4.78, 5) is 52.8. The van der Waals surface area contributed by atoms with E-state index in [4.69, 9.17) is 23.8 Å². The predicted octanol–water partition coefficient (Wildman–Crippen LogP) is 8.14. The maximum Gasteiger partial charge on any atom is 0.472 e. The van der Waals surface area contributed by atoms with Crippen LogP contribution in [-0.4, -0.2) is 104 Å². The minimum Gasteiger partial charge on any atom is -0.462 e. The third-order valence-corrected chi connectivity index (χ3v) is 10.7. The summed E-state index contributed by atoms with van der Waals surface area (Å²) < 4.78 is 47.5. The minimum absolute atomic E-state index is 0.0218. The van der Waals surface area contributed by atoms with Crippen LogP contribution >= 0.6 is 15.6 Å². The fourth-order valence-corrected chi connectivity index (χ4v) is 6.90. The van der Waals surface area contributed by atoms with Gasteiger partial charge in [0, 0.05) is 12.8 Å². The molecule has 0 aliphatic rings. The van der Waals surface area contributed by atoms with Gasteiger partial charge in [-0.15, -0.1) is 0 Å². The van der Waals surface area contributed by atoms with Crippen molar-refractivity contribution in [3.63, 3.8) is 0 Å². The Morgan fingerprint density at radius 1 is 0.565 bits per heavy atom. The smallest absolute Gasteiger partial charge is 0.462 e. The van der Waals surface area contributed by atoms with Crippen molar-refractivity contribution in [3.8, 4) is 0 Å². The zero-order valence-electron chi connectivity index (χ0n) is 37.0. The zero-order chi connectivity index (χ0) is 46.3. The number of hydrogen-bond donors (Lipinski definition) is 7. The second-order valence-corrected chi connectivity index (χ2v) is 17.9. The molecule has 16 nitrogen and oxygen atoms in total. The van der Waals surface area contributed by atoms with E-state index in [-0.39, 0.29) is 25.7 Å². The molecule has 0 aromatic rings. The van der Waals surface area contributed by atoms with Crippen molar-refractivity contribution in [2.75, 3.05) is 26.4 Å². The van der Waals surface area contributed by atoms with Gasteiger partial charge in [-0.25, -0.2) is 9.13 Å². The quantitative estimate of drug-likeness (QED) is 0.0100. The Bertz CT molecular complexity index is 1380. The summed E-state index contributed by atoms with van der Waals surface area (Å²) in [6.07, 6.45) is 30.1. The molecule has 0 aromatic carbocycles. The van der Waals surface area contributed by atoms with Gasteiger partial charge in [0.25, 0.3) is 0 Å². The van der Waals surface area contributed by atoms with E-state index in [2.05, 4.69) is 16.0 Å². The monoisotopic (exact) mass is 924 g/mol. The summed E-state index contributed by atoms with van der Waals surface area (Å²) in [7, 11) is -9.81. The third kappa shape index (κ3) is 40.5. The van der Waals surface area contributed by atoms with Crippen molar-refractivity contribution >= 4 is 27.6 Å². The Kier molecular flexibility index (Phi) is 37.6. The van der Waals surface area contributed by atoms with Gasteiger partial charge in [-0.1, -0.05) is 164 Å². The number of esters is 2. The largest absolute Gasteiger partial charge is 0.472 e. The molecule has 0 aliphatic carbocycles. The van der Waals surface area contributed by atoms with Crippen LogP contribution in [0.4, 0.5) is 0 Å². The van der Waals surface area contributed by atoms with E-state index in [1.165, 1.54) is 70.3 Å². The first-order valence-electron chi connectivity index (χ1n) is 22.3. The van der Waals surface area contributed by atoms with Crippen LogP contribution in [0.1, 0.15) is 149 Å². The fraction of sp³-hybridized carbons (Fsp3) is 0.727. The molecule has 1 unspecified atom stereocenters. The zero-order valence-corrected chi connectivity index (χ0v) is 38.8. The van der Waals surface area contributed by atoms with Gasteiger partial charge in [0.15, 0.2) is 6.10 Å². The number of rotatable bonds is 41. The van der Waals surface area contributed by atoms with Crippen LogP contribution in [0.3, 0.4) is 0 Å². The molecule has 0 spiro atoms. The molecule has 0 fully saturated rings. The molecule has 7 N–H and O–H groups in total. The predicted molar refractivity (Wildman–Crippen MR) is 239 cm³/mol. The van der Waals surface area contributed by atoms with Crippen LogP contribution in [0.15, 0.2) is 60.8 Å². The summed E-state index contributed by atoms with van der Waals surface area (Å²) >= 11 is 0. The first kappa shape index (κ1) is 59.7. The van der Waals surface area contributed by atoms with Crippen molar-refractivity contribution in [2.24, 2.45) is 0 Å². The van der Waals surface area contributed by atoms with Gasteiger partial charge < -0.3 is 44.6 Å². The highest BCUT2D eigenvalue weighted by molar-refractivity contribution is 7.47. The van der Waals surface area contributed by atoms with Gasteiger partial charge in [-0.3, -0.25) is 23.2 Å². The van der Waals surface area contributed by atoms with Crippen molar-refractivity contribution in [2.45, 2.75) is 179 Å². The molecular formula is C44H78O16P2. The average molecular weight is 925 g/mol. The van der Waals surface area contributed by atoms with Gasteiger partial charge in [0.1, 0.15) is 12.7 Å². The lowest BCUT2D eigenvalue weighted by Gasteiger charge is -2.21. The molecule has 6 atom stereocenters. The molecule has 62 heavy (non-hydrogen) atoms. The molecule has 360 valence electrons. The summed E-state index contributed by atoms with van der Waals surface area (Å²) in [5, 5.41) is 40.2. The second kappa shape index (κ2) is 39.1. The highest BCUT2D eigenvalue weighted by Gasteiger charge is 2.28. The number of aliphatic hydroxyl groups is 4. The Balaban J connectivity index is 4.83. The fourth-order valence-electron chi connectivity index (χ4n) is 5.75. The molecule has 0 saturated carbocycles. The van der Waals surface area contributed by atoms with E-state index in [1.807, 2.05) is 19.1 Å². The molecule has 18 heteroatoms. The lowest BCUT2D eigenvalue weighted by atomic mass is 10.0. The number of carbonyl (C=O) groups is 2. The molecule has 0 aliphatic heterocycles. The summed E-state index contributed by atoms with van der Waals surface area (Å²) in [5.74, 6) is -1.36. The van der Waals surface area contributed by atoms with Crippen LogP contribution < -0.4 is 0 Å². The van der Waals surface area contributed by atoms with Gasteiger partial charge in [-0.2, -0.15) is 0 Å². The molecule has 0 radical (unpaired) electrons. The first-order chi connectivity index (χ1) is 29.6. The van der Waals surface area contributed by atoms with Gasteiger partial charge in [0.05, 0.1) is 38.1 Å². The van der Waals surface area contributed by atoms with E-state index < -0.39 is 84.5 Å². The van der Waals surface area contributed by atoms with Gasteiger partial charge >= 0.3 is 27.6 Å². The first-order valence-corrected chi connectivity index (χ1v) is 25.3. The lowest BCUT2D eigenvalue weighted by Crippen LogP contribution is -2.30. The maximum absolute atomic E-state index is 12.7. The van der Waals surface area contributed by atoms with Gasteiger partial charge in [0.2, 0.25) is 0 Å². The Labute approximate surface area is 370 Å². The van der Waals surface area contributed by atoms with Crippen LogP contribution in [0.5, 0.6) is 0 Å². The van der Waals surface area contributed by atoms with Crippen molar-refractivity contribution in [1.82, 2.24) is 0 Å². The van der Waals surface area contributed by atoms with Crippen LogP contribution in [0, 0.1) is 0 Å². The normalized spacial score (nSPS) is 16.1. The molecule has 0 heterocycles. The number of phosphoric ester groups is 2. The number of ether oxygens (including phenoxy) is 2. The summed E-state index contributed by atoms with van der Waals surface area (Å²) in [6, 6.07) is 0. The number of aliphatic hydroxyl groups excluding tert-OH is 4. The highest BCUT2D eigenvalue weighted by atomic mass is 31.2. The summed E-state index contributed by atoms with van der Waals surface area (Å²) in [6.45, 7) is 1.18. The molecule has 0 bridgehead atoms. The second-order valence-electron chi connectivity index (χ2n) is 15.2. The van der Waals surface area contributed by atoms with Crippen LogP contribution in [0.25, 0.3) is 0 Å². The van der Waals surface area contributed by atoms with Gasteiger partial charge in [-0.05, 0) is 32.1 Å². The van der Waals surface area contributed by atoms with Crippen molar-refractivity contribution in [3.05, 3.63) is 60.8 Å². The number of phosphoric acid groups is 2. The maximum atomic E-state index is 12.7. The SMILES string of the molecule is CC/C=C\C[C@H](O)/C=C/C=C/C=C\C=C/[C@@H](O)[C@H](O)CCCC(=O)O[C@H](COC(=O)CCCCCCCCCCCCCCCCC)COP(=O)(O)OC[C@@H](O)COP(=O)(O)O. The molecule has 0 aromatic heterocycles. The molecular weight excluding hydrogens is 846 g/mol. The molecule has 0 rings (SSSR count). The Morgan fingerprint density at radius 2 is 1.06 bits per heavy atom. The van der Waals surface area contributed by atoms with E-state index in [0.717, 1.165) is 32.1 Å². The average Bonchev–Trinajstić information content (AvgIpc) is 3.22. The Morgan fingerprint density at radius 3 is 1.63 bits per heavy atom. The van der Waals surface area contributed by atoms with E-state index in [9.17, 15) is 44.0 Å². The van der Waals surface area contributed by atoms with Crippen molar-refractivity contribution in [1.29, 1.82) is 0 Å². The standard InChI is InChI=1S/C44H78O16P2/c1-3-5-7-8-9-10-11-12-13-14-15-16-17-22-26-32-43(49)56-36-40(37-59-62(54,55)58-35-39(46)34-57-61(51,52)53)60-44(50)33-27-31-42(48)41(47)30-25-21-19-18-20-24-29-38(45)28-23-6-4-2/h6,18-21,23-25,29-30,38-42,45-48H,3-5,7-17,22,26-28,31-37H2,1-2H3,(H,54,55)(H2,51,52,53)/b20-18+,21-19-,23-6-,29-24+,30-25-/t38-,39-,40+,41+,42+/m0/s1. The van der Waals surface area contributed by atoms with E-state index >= 15 is 0 Å². The topological polar surface area (TPSA) is 256 Å². The Hall–Kier alpha value is -2.30. The minimum atomic E-state index is -4.91. The number of hydrogen-bond acceptors (Lipinski definition) is 13. The number of unbranched alkanes of at least 4 members (excludes halogenated alkanes) is 14. The highest BCUT2D eigenvalue weighted by Crippen LogP contribution is 2.43. The van der Waals surface area contributed by atoms with Crippen molar-refractivity contribution < 1.29 is 76.9 Å². The number of carbonyl (C=O) groups excluding carboxylic acids is 2. The van der Waals surface area contributed by atoms with E-state index in [0.29, 0.717) is 12.8 Å². The lowest BCUT2D eigenvalue weighted by molar-refractivity contribution is -0.161. The third-order valence-electron chi connectivity index (χ3n) is 9.25. The molecule has 0 saturated heterocycles. The summed E-state index contributed by atoms with van der Waals surface area (Å²) in [5.41, 5.74) is 0. The van der Waals surface area contributed by atoms with Crippen LogP contribution in [-0.2, 0) is 41.8 Å². The number of allylic oxidation sites excluding steroid dienone is 7.